The number of hydrogen-bond acceptors (Lipinski definition) is 3. The van der Waals surface area contributed by atoms with Gasteiger partial charge in [0.2, 0.25) is 0 Å². The summed E-state index contributed by atoms with van der Waals surface area (Å²) in [4.78, 5) is 1.31. The van der Waals surface area contributed by atoms with Gasteiger partial charge in [-0.3, -0.25) is 0 Å². The van der Waals surface area contributed by atoms with Crippen LogP contribution in [0.25, 0.3) is 105 Å². The van der Waals surface area contributed by atoms with Crippen LogP contribution in [0.2, 0.25) is 0 Å². The zero-order chi connectivity index (χ0) is 32.1. The van der Waals surface area contributed by atoms with Gasteiger partial charge in [-0.2, -0.15) is 0 Å². The van der Waals surface area contributed by atoms with E-state index in [2.05, 4.69) is 158 Å². The minimum atomic E-state index is 1.24. The maximum absolute atomic E-state index is 2.40. The van der Waals surface area contributed by atoms with E-state index in [1.807, 2.05) is 34.0 Å². The van der Waals surface area contributed by atoms with E-state index in [1.165, 1.54) is 105 Å². The van der Waals surface area contributed by atoms with Crippen LogP contribution in [0.4, 0.5) is 0 Å². The molecule has 3 heteroatoms. The van der Waals surface area contributed by atoms with Crippen molar-refractivity contribution in [3.8, 4) is 32.7 Å². The highest BCUT2D eigenvalue weighted by Gasteiger charge is 2.14. The lowest BCUT2D eigenvalue weighted by atomic mass is 9.96. The Kier molecular flexibility index (Phi) is 5.97. The molecular formula is C46H26S3. The fraction of sp³-hybridized carbons (Fsp3) is 0. The molecule has 0 amide bonds. The van der Waals surface area contributed by atoms with Crippen molar-refractivity contribution in [2.45, 2.75) is 0 Å². The monoisotopic (exact) mass is 674 g/mol. The predicted molar refractivity (Wildman–Crippen MR) is 219 cm³/mol. The fourth-order valence-corrected chi connectivity index (χ4v) is 11.2. The van der Waals surface area contributed by atoms with Crippen LogP contribution in [0.5, 0.6) is 0 Å². The highest BCUT2D eigenvalue weighted by atomic mass is 32.1. The molecule has 0 N–H and O–H groups in total. The van der Waals surface area contributed by atoms with E-state index >= 15 is 0 Å². The third-order valence-electron chi connectivity index (χ3n) is 10.0. The first-order valence-corrected chi connectivity index (χ1v) is 19.0. The summed E-state index contributed by atoms with van der Waals surface area (Å²) in [6, 6.07) is 58.8. The van der Waals surface area contributed by atoms with Crippen LogP contribution in [0.1, 0.15) is 0 Å². The molecule has 0 aliphatic rings. The van der Waals surface area contributed by atoms with E-state index in [0.717, 1.165) is 0 Å². The van der Waals surface area contributed by atoms with Crippen molar-refractivity contribution in [3.05, 3.63) is 158 Å². The summed E-state index contributed by atoms with van der Waals surface area (Å²) in [5, 5.41) is 11.8. The Morgan fingerprint density at radius 1 is 0.265 bits per heavy atom. The molecule has 8 aromatic carbocycles. The first-order valence-electron chi connectivity index (χ1n) is 16.6. The highest BCUT2D eigenvalue weighted by Crippen LogP contribution is 2.46. The van der Waals surface area contributed by atoms with Crippen molar-refractivity contribution >= 4 is 106 Å². The van der Waals surface area contributed by atoms with Crippen molar-refractivity contribution in [1.82, 2.24) is 0 Å². The zero-order valence-corrected chi connectivity index (χ0v) is 28.7. The molecule has 0 atom stereocenters. The van der Waals surface area contributed by atoms with E-state index in [4.69, 9.17) is 0 Å². The van der Waals surface area contributed by atoms with Crippen LogP contribution in [0, 0.1) is 0 Å². The molecule has 0 saturated carbocycles. The lowest BCUT2D eigenvalue weighted by Gasteiger charge is -2.09. The third kappa shape index (κ3) is 4.47. The van der Waals surface area contributed by atoms with Gasteiger partial charge in [0.15, 0.2) is 0 Å². The van der Waals surface area contributed by atoms with E-state index in [9.17, 15) is 0 Å². The summed E-state index contributed by atoms with van der Waals surface area (Å²) >= 11 is 5.72. The van der Waals surface area contributed by atoms with Gasteiger partial charge in [-0.15, -0.1) is 34.0 Å². The quantitative estimate of drug-likeness (QED) is 0.175. The van der Waals surface area contributed by atoms with Gasteiger partial charge < -0.3 is 0 Å². The summed E-state index contributed by atoms with van der Waals surface area (Å²) in [5.74, 6) is 0. The molecule has 0 fully saturated rings. The number of rotatable bonds is 3. The molecule has 0 bridgehead atoms. The normalized spacial score (nSPS) is 12.1. The molecule has 0 spiro atoms. The van der Waals surface area contributed by atoms with Gasteiger partial charge in [-0.25, -0.2) is 0 Å². The van der Waals surface area contributed by atoms with Crippen LogP contribution < -0.4 is 0 Å². The first-order chi connectivity index (χ1) is 24.2. The Labute approximate surface area is 294 Å². The summed E-state index contributed by atoms with van der Waals surface area (Å²) in [6.45, 7) is 0. The molecule has 49 heavy (non-hydrogen) atoms. The van der Waals surface area contributed by atoms with Crippen molar-refractivity contribution in [1.29, 1.82) is 0 Å². The molecule has 0 saturated heterocycles. The van der Waals surface area contributed by atoms with Gasteiger partial charge >= 0.3 is 0 Å². The van der Waals surface area contributed by atoms with E-state index in [-0.39, 0.29) is 0 Å². The molecule has 0 unspecified atom stereocenters. The Morgan fingerprint density at radius 2 is 0.714 bits per heavy atom. The molecule has 0 aliphatic heterocycles. The van der Waals surface area contributed by atoms with E-state index in [1.54, 1.807) is 0 Å². The molecule has 11 aromatic rings. The third-order valence-corrected chi connectivity index (χ3v) is 13.7. The van der Waals surface area contributed by atoms with Gasteiger partial charge in [0.1, 0.15) is 0 Å². The van der Waals surface area contributed by atoms with Gasteiger partial charge in [-0.1, -0.05) is 103 Å². The Hall–Kier alpha value is -5.32. The molecule has 0 nitrogen and oxygen atoms in total. The van der Waals surface area contributed by atoms with Crippen molar-refractivity contribution < 1.29 is 0 Å². The smallest absolute Gasteiger partial charge is 0.0542 e. The van der Waals surface area contributed by atoms with Crippen molar-refractivity contribution in [3.63, 3.8) is 0 Å². The molecule has 228 valence electrons. The summed E-state index contributed by atoms with van der Waals surface area (Å²) in [5.41, 5.74) is 6.26. The number of fused-ring (bicyclic) bond motifs is 9. The van der Waals surface area contributed by atoms with Crippen LogP contribution in [-0.4, -0.2) is 0 Å². The molecule has 3 heterocycles. The maximum Gasteiger partial charge on any atom is 0.0542 e. The number of thiophene rings is 3. The fourth-order valence-electron chi connectivity index (χ4n) is 7.42. The van der Waals surface area contributed by atoms with Crippen molar-refractivity contribution in [2.24, 2.45) is 0 Å². The van der Waals surface area contributed by atoms with Crippen LogP contribution in [0.15, 0.2) is 158 Å². The second-order valence-corrected chi connectivity index (χ2v) is 16.2. The lowest BCUT2D eigenvalue weighted by Crippen LogP contribution is -1.83. The topological polar surface area (TPSA) is 0 Å². The number of benzene rings is 8. The second kappa shape index (κ2) is 10.6. The number of hydrogen-bond donors (Lipinski definition) is 0. The van der Waals surface area contributed by atoms with E-state index < -0.39 is 0 Å². The van der Waals surface area contributed by atoms with E-state index in [0.29, 0.717) is 0 Å². The SMILES string of the molecule is c1ccc2cc3c(cc2c1)sc1c2cc4ccc(-c5ccc6cc(-c7ccc(-c8cc9ccccc9s8)cc7)ccc6c5)cc4cc2sc31. The van der Waals surface area contributed by atoms with Crippen LogP contribution >= 0.6 is 34.0 Å². The highest BCUT2D eigenvalue weighted by molar-refractivity contribution is 7.36. The van der Waals surface area contributed by atoms with Gasteiger partial charge in [0.25, 0.3) is 0 Å². The van der Waals surface area contributed by atoms with Crippen LogP contribution in [0.3, 0.4) is 0 Å². The van der Waals surface area contributed by atoms with Crippen LogP contribution in [-0.2, 0) is 0 Å². The molecule has 0 aliphatic carbocycles. The summed E-state index contributed by atoms with van der Waals surface area (Å²) < 4.78 is 6.90. The molecule has 11 rings (SSSR count). The first kappa shape index (κ1) is 27.6. The van der Waals surface area contributed by atoms with Gasteiger partial charge in [0, 0.05) is 29.7 Å². The maximum atomic E-state index is 2.40. The van der Waals surface area contributed by atoms with Gasteiger partial charge in [-0.05, 0) is 120 Å². The predicted octanol–water partition coefficient (Wildman–Crippen LogP) is 14.9. The lowest BCUT2D eigenvalue weighted by molar-refractivity contribution is 1.63. The van der Waals surface area contributed by atoms with Gasteiger partial charge in [0.05, 0.1) is 9.40 Å². The standard InChI is InChI=1S/C46H26S3/c1-2-6-30-24-43-39(22-29(30)5-1)45-46(48-43)40-23-36-18-17-35(21-38(36)26-44(40)49-45)34-16-15-32-19-31(13-14-33(32)20-34)27-9-11-28(12-10-27)42-25-37-7-3-4-8-41(37)47-42/h1-26H. The summed E-state index contributed by atoms with van der Waals surface area (Å²) in [7, 11) is 0. The zero-order valence-electron chi connectivity index (χ0n) is 26.2. The Morgan fingerprint density at radius 3 is 1.35 bits per heavy atom. The Bertz CT molecular complexity index is 3060. The average Bonchev–Trinajstić information content (AvgIpc) is 3.84. The molecule has 3 aromatic heterocycles. The van der Waals surface area contributed by atoms with Crippen molar-refractivity contribution in [2.75, 3.05) is 0 Å². The largest absolute Gasteiger partial charge is 0.135 e. The minimum Gasteiger partial charge on any atom is -0.135 e. The molecular weight excluding hydrogens is 649 g/mol. The summed E-state index contributed by atoms with van der Waals surface area (Å²) in [6.07, 6.45) is 0. The Balaban J connectivity index is 0.920. The molecule has 0 radical (unpaired) electrons. The minimum absolute atomic E-state index is 1.24. The average molecular weight is 675 g/mol. The second-order valence-electron chi connectivity index (χ2n) is 13.0.